The summed E-state index contributed by atoms with van der Waals surface area (Å²) in [5.74, 6) is -0.169. The normalized spacial score (nSPS) is 12.2. The molecule has 1 heterocycles. The number of rotatable bonds is 4. The second-order valence-electron chi connectivity index (χ2n) is 4.13. The van der Waals surface area contributed by atoms with E-state index in [0.717, 1.165) is 11.1 Å². The van der Waals surface area contributed by atoms with Crippen molar-refractivity contribution in [2.75, 3.05) is 0 Å². The Morgan fingerprint density at radius 2 is 2.22 bits per heavy atom. The standard InChI is InChI=1S/C14H15FN2O/c1-10(16)12-4-5-14(13(15)7-12)18-9-11-3-2-6-17-8-11/h2-8,10H,9,16H2,1H3/t10-/m1/s1. The fourth-order valence-electron chi connectivity index (χ4n) is 1.56. The molecular weight excluding hydrogens is 231 g/mol. The minimum atomic E-state index is -0.395. The number of hydrogen-bond donors (Lipinski definition) is 1. The summed E-state index contributed by atoms with van der Waals surface area (Å²) in [5.41, 5.74) is 7.33. The highest BCUT2D eigenvalue weighted by molar-refractivity contribution is 5.31. The van der Waals surface area contributed by atoms with E-state index in [2.05, 4.69) is 4.98 Å². The quantitative estimate of drug-likeness (QED) is 0.902. The zero-order valence-corrected chi connectivity index (χ0v) is 10.1. The van der Waals surface area contributed by atoms with Crippen LogP contribution in [-0.4, -0.2) is 4.98 Å². The summed E-state index contributed by atoms with van der Waals surface area (Å²) in [6, 6.07) is 8.28. The van der Waals surface area contributed by atoms with Crippen molar-refractivity contribution in [3.05, 3.63) is 59.7 Å². The topological polar surface area (TPSA) is 48.1 Å². The van der Waals surface area contributed by atoms with Crippen LogP contribution in [0.3, 0.4) is 0 Å². The highest BCUT2D eigenvalue weighted by atomic mass is 19.1. The zero-order chi connectivity index (χ0) is 13.0. The average Bonchev–Trinajstić information content (AvgIpc) is 2.38. The summed E-state index contributed by atoms with van der Waals surface area (Å²) in [7, 11) is 0. The van der Waals surface area contributed by atoms with Crippen LogP contribution < -0.4 is 10.5 Å². The molecule has 4 heteroatoms. The van der Waals surface area contributed by atoms with Crippen molar-refractivity contribution in [3.63, 3.8) is 0 Å². The lowest BCUT2D eigenvalue weighted by Gasteiger charge is -2.10. The molecule has 0 aliphatic rings. The fourth-order valence-corrected chi connectivity index (χ4v) is 1.56. The monoisotopic (exact) mass is 246 g/mol. The lowest BCUT2D eigenvalue weighted by Crippen LogP contribution is -2.06. The molecular formula is C14H15FN2O. The SMILES string of the molecule is C[C@@H](N)c1ccc(OCc2cccnc2)c(F)c1. The van der Waals surface area contributed by atoms with E-state index < -0.39 is 5.82 Å². The van der Waals surface area contributed by atoms with Gasteiger partial charge >= 0.3 is 0 Å². The summed E-state index contributed by atoms with van der Waals surface area (Å²) in [4.78, 5) is 3.97. The largest absolute Gasteiger partial charge is 0.486 e. The molecule has 1 atom stereocenters. The number of nitrogens with zero attached hydrogens (tertiary/aromatic N) is 1. The smallest absolute Gasteiger partial charge is 0.165 e. The predicted molar refractivity (Wildman–Crippen MR) is 67.6 cm³/mol. The van der Waals surface area contributed by atoms with E-state index in [9.17, 15) is 4.39 Å². The molecule has 0 unspecified atom stereocenters. The molecule has 3 nitrogen and oxygen atoms in total. The Labute approximate surface area is 105 Å². The van der Waals surface area contributed by atoms with Crippen LogP contribution in [0.4, 0.5) is 4.39 Å². The molecule has 0 saturated heterocycles. The van der Waals surface area contributed by atoms with Gasteiger partial charge in [0.15, 0.2) is 11.6 Å². The van der Waals surface area contributed by atoms with Crippen molar-refractivity contribution in [2.45, 2.75) is 19.6 Å². The van der Waals surface area contributed by atoms with Gasteiger partial charge in [0.25, 0.3) is 0 Å². The number of nitrogens with two attached hydrogens (primary N) is 1. The van der Waals surface area contributed by atoms with Gasteiger partial charge in [0.2, 0.25) is 0 Å². The molecule has 0 aliphatic carbocycles. The Morgan fingerprint density at radius 3 is 2.83 bits per heavy atom. The molecule has 0 fully saturated rings. The number of hydrogen-bond acceptors (Lipinski definition) is 3. The Hall–Kier alpha value is -1.94. The van der Waals surface area contributed by atoms with Gasteiger partial charge in [0.05, 0.1) is 0 Å². The van der Waals surface area contributed by atoms with Gasteiger partial charge in [-0.25, -0.2) is 4.39 Å². The van der Waals surface area contributed by atoms with Gasteiger partial charge in [-0.05, 0) is 30.7 Å². The molecule has 94 valence electrons. The van der Waals surface area contributed by atoms with Crippen LogP contribution in [0, 0.1) is 5.82 Å². The van der Waals surface area contributed by atoms with Gasteiger partial charge in [-0.1, -0.05) is 12.1 Å². The van der Waals surface area contributed by atoms with Crippen molar-refractivity contribution in [2.24, 2.45) is 5.73 Å². The van der Waals surface area contributed by atoms with Crippen molar-refractivity contribution in [3.8, 4) is 5.75 Å². The third-order valence-electron chi connectivity index (χ3n) is 2.60. The van der Waals surface area contributed by atoms with E-state index in [4.69, 9.17) is 10.5 Å². The maximum absolute atomic E-state index is 13.7. The van der Waals surface area contributed by atoms with E-state index >= 15 is 0 Å². The first kappa shape index (κ1) is 12.5. The van der Waals surface area contributed by atoms with Gasteiger partial charge in [0, 0.05) is 24.0 Å². The average molecular weight is 246 g/mol. The second-order valence-corrected chi connectivity index (χ2v) is 4.13. The van der Waals surface area contributed by atoms with E-state index in [-0.39, 0.29) is 11.8 Å². The van der Waals surface area contributed by atoms with E-state index in [1.165, 1.54) is 6.07 Å². The van der Waals surface area contributed by atoms with Crippen LogP contribution in [0.15, 0.2) is 42.7 Å². The fraction of sp³-hybridized carbons (Fsp3) is 0.214. The van der Waals surface area contributed by atoms with Gasteiger partial charge in [0.1, 0.15) is 6.61 Å². The highest BCUT2D eigenvalue weighted by Crippen LogP contribution is 2.21. The molecule has 2 N–H and O–H groups in total. The highest BCUT2D eigenvalue weighted by Gasteiger charge is 2.07. The van der Waals surface area contributed by atoms with E-state index in [1.807, 2.05) is 19.1 Å². The van der Waals surface area contributed by atoms with Crippen LogP contribution in [0.5, 0.6) is 5.75 Å². The lowest BCUT2D eigenvalue weighted by molar-refractivity contribution is 0.289. The second kappa shape index (κ2) is 5.60. The lowest BCUT2D eigenvalue weighted by atomic mass is 10.1. The van der Waals surface area contributed by atoms with Crippen LogP contribution in [0.25, 0.3) is 0 Å². The molecule has 0 spiro atoms. The van der Waals surface area contributed by atoms with Crippen molar-refractivity contribution in [1.82, 2.24) is 4.98 Å². The first-order chi connectivity index (χ1) is 8.66. The van der Waals surface area contributed by atoms with E-state index in [1.54, 1.807) is 24.5 Å². The summed E-state index contributed by atoms with van der Waals surface area (Å²) < 4.78 is 19.1. The first-order valence-electron chi connectivity index (χ1n) is 5.73. The van der Waals surface area contributed by atoms with Crippen molar-refractivity contribution >= 4 is 0 Å². The molecule has 0 saturated carbocycles. The number of ether oxygens (including phenoxy) is 1. The molecule has 0 bridgehead atoms. The van der Waals surface area contributed by atoms with Crippen LogP contribution in [0.1, 0.15) is 24.1 Å². The van der Waals surface area contributed by atoms with Crippen molar-refractivity contribution in [1.29, 1.82) is 0 Å². The van der Waals surface area contributed by atoms with Crippen LogP contribution in [0.2, 0.25) is 0 Å². The number of aromatic nitrogens is 1. The van der Waals surface area contributed by atoms with Gasteiger partial charge < -0.3 is 10.5 Å². The van der Waals surface area contributed by atoms with Crippen LogP contribution >= 0.6 is 0 Å². The van der Waals surface area contributed by atoms with Gasteiger partial charge in [-0.2, -0.15) is 0 Å². The Balaban J connectivity index is 2.06. The Bertz CT molecular complexity index is 514. The Kier molecular flexibility index (Phi) is 3.89. The maximum Gasteiger partial charge on any atom is 0.165 e. The molecule has 0 aliphatic heterocycles. The minimum absolute atomic E-state index is 0.188. The molecule has 2 aromatic rings. The first-order valence-corrected chi connectivity index (χ1v) is 5.73. The molecule has 0 radical (unpaired) electrons. The zero-order valence-electron chi connectivity index (χ0n) is 10.1. The minimum Gasteiger partial charge on any atom is -0.486 e. The molecule has 1 aromatic heterocycles. The number of halogens is 1. The summed E-state index contributed by atoms with van der Waals surface area (Å²) in [6.45, 7) is 2.10. The van der Waals surface area contributed by atoms with Gasteiger partial charge in [-0.3, -0.25) is 4.98 Å². The number of pyridine rings is 1. The molecule has 1 aromatic carbocycles. The van der Waals surface area contributed by atoms with Gasteiger partial charge in [-0.15, -0.1) is 0 Å². The molecule has 18 heavy (non-hydrogen) atoms. The maximum atomic E-state index is 13.7. The van der Waals surface area contributed by atoms with E-state index in [0.29, 0.717) is 6.61 Å². The third-order valence-corrected chi connectivity index (χ3v) is 2.60. The molecule has 0 amide bonds. The predicted octanol–water partition coefficient (Wildman–Crippen LogP) is 2.82. The van der Waals surface area contributed by atoms with Crippen LogP contribution in [-0.2, 0) is 6.61 Å². The van der Waals surface area contributed by atoms with Crippen molar-refractivity contribution < 1.29 is 9.13 Å². The summed E-state index contributed by atoms with van der Waals surface area (Å²) in [6.07, 6.45) is 3.37. The number of benzene rings is 1. The summed E-state index contributed by atoms with van der Waals surface area (Å²) in [5, 5.41) is 0. The Morgan fingerprint density at radius 1 is 1.39 bits per heavy atom. The third kappa shape index (κ3) is 3.05. The summed E-state index contributed by atoms with van der Waals surface area (Å²) >= 11 is 0. The molecule has 2 rings (SSSR count).